The zero-order valence-corrected chi connectivity index (χ0v) is 15.2. The first-order valence-electron chi connectivity index (χ1n) is 7.58. The Hall–Kier alpha value is -2.09. The third kappa shape index (κ3) is 5.84. The number of nitrogens with zero attached hydrogens (tertiary/aromatic N) is 1. The molecule has 8 heteroatoms. The van der Waals surface area contributed by atoms with Crippen LogP contribution in [0.2, 0.25) is 0 Å². The minimum absolute atomic E-state index is 0.00467. The first-order valence-corrected chi connectivity index (χ1v) is 9.43. The quantitative estimate of drug-likeness (QED) is 0.711. The van der Waals surface area contributed by atoms with E-state index >= 15 is 0 Å². The molecule has 0 saturated carbocycles. The Balaban J connectivity index is 3.00. The van der Waals surface area contributed by atoms with Crippen LogP contribution in [0.1, 0.15) is 30.6 Å². The van der Waals surface area contributed by atoms with E-state index in [1.807, 2.05) is 13.8 Å². The lowest BCUT2D eigenvalue weighted by Crippen LogP contribution is -2.36. The fourth-order valence-corrected chi connectivity index (χ4v) is 2.99. The zero-order valence-electron chi connectivity index (χ0n) is 14.4. The second-order valence-corrected chi connectivity index (χ2v) is 7.70. The molecule has 1 N–H and O–H groups in total. The van der Waals surface area contributed by atoms with Gasteiger partial charge in [0.05, 0.1) is 24.6 Å². The molecule has 0 spiro atoms. The number of rotatable bonds is 8. The number of hydrogen-bond donors (Lipinski definition) is 1. The predicted octanol–water partition coefficient (Wildman–Crippen LogP) is 1.40. The Morgan fingerprint density at radius 1 is 1.25 bits per heavy atom. The monoisotopic (exact) mass is 356 g/mol. The average molecular weight is 356 g/mol. The highest BCUT2D eigenvalue weighted by molar-refractivity contribution is 7.92. The van der Waals surface area contributed by atoms with Crippen molar-refractivity contribution in [2.75, 3.05) is 30.8 Å². The summed E-state index contributed by atoms with van der Waals surface area (Å²) in [5.41, 5.74) is 0.330. The average Bonchev–Trinajstić information content (AvgIpc) is 2.51. The fraction of sp³-hybridized carbons (Fsp3) is 0.500. The number of nitrogens with one attached hydrogen (secondary N) is 1. The molecule has 0 aliphatic rings. The highest BCUT2D eigenvalue weighted by atomic mass is 32.2. The number of ether oxygens (including phenoxy) is 1. The second kappa shape index (κ2) is 8.68. The van der Waals surface area contributed by atoms with Crippen LogP contribution in [0.4, 0.5) is 5.69 Å². The Labute approximate surface area is 143 Å². The van der Waals surface area contributed by atoms with E-state index < -0.39 is 16.0 Å². The van der Waals surface area contributed by atoms with Crippen LogP contribution in [0.5, 0.6) is 0 Å². The molecular formula is C16H24N2O5S. The molecule has 0 fully saturated rings. The van der Waals surface area contributed by atoms with Crippen LogP contribution in [0.25, 0.3) is 0 Å². The highest BCUT2D eigenvalue weighted by Gasteiger charge is 2.24. The SMILES string of the molecule is COC(=O)c1ccccc1N(CCC(=O)NCC(C)C)S(C)(=O)=O. The van der Waals surface area contributed by atoms with Gasteiger partial charge >= 0.3 is 5.97 Å². The Morgan fingerprint density at radius 3 is 2.42 bits per heavy atom. The van der Waals surface area contributed by atoms with Gasteiger partial charge in [-0.05, 0) is 18.1 Å². The smallest absolute Gasteiger partial charge is 0.340 e. The number of carbonyl (C=O) groups excluding carboxylic acids is 2. The number of para-hydroxylation sites is 1. The molecule has 1 aromatic rings. The number of anilines is 1. The molecule has 0 radical (unpaired) electrons. The third-order valence-corrected chi connectivity index (χ3v) is 4.41. The van der Waals surface area contributed by atoms with Gasteiger partial charge in [0, 0.05) is 19.5 Å². The summed E-state index contributed by atoms with van der Waals surface area (Å²) in [6, 6.07) is 6.24. The number of sulfonamides is 1. The lowest BCUT2D eigenvalue weighted by atomic mass is 10.1. The third-order valence-electron chi connectivity index (χ3n) is 3.23. The molecule has 0 atom stereocenters. The lowest BCUT2D eigenvalue weighted by molar-refractivity contribution is -0.121. The highest BCUT2D eigenvalue weighted by Crippen LogP contribution is 2.23. The van der Waals surface area contributed by atoms with E-state index in [0.717, 1.165) is 10.6 Å². The summed E-state index contributed by atoms with van der Waals surface area (Å²) in [7, 11) is -2.44. The minimum Gasteiger partial charge on any atom is -0.465 e. The topological polar surface area (TPSA) is 92.8 Å². The molecule has 134 valence electrons. The Bertz CT molecular complexity index is 685. The van der Waals surface area contributed by atoms with Crippen LogP contribution in [0, 0.1) is 5.92 Å². The van der Waals surface area contributed by atoms with E-state index in [1.54, 1.807) is 12.1 Å². The first-order chi connectivity index (χ1) is 11.2. The Morgan fingerprint density at radius 2 is 1.88 bits per heavy atom. The van der Waals surface area contributed by atoms with Crippen molar-refractivity contribution >= 4 is 27.6 Å². The molecule has 1 aromatic carbocycles. The Kier molecular flexibility index (Phi) is 7.21. The lowest BCUT2D eigenvalue weighted by Gasteiger charge is -2.24. The van der Waals surface area contributed by atoms with Gasteiger partial charge in [0.2, 0.25) is 15.9 Å². The fourth-order valence-electron chi connectivity index (χ4n) is 2.05. The van der Waals surface area contributed by atoms with Crippen molar-refractivity contribution in [1.82, 2.24) is 5.32 Å². The standard InChI is InChI=1S/C16H24N2O5S/c1-12(2)11-17-15(19)9-10-18(24(4,21)22)14-8-6-5-7-13(14)16(20)23-3/h5-8,12H,9-11H2,1-4H3,(H,17,19). The minimum atomic E-state index is -3.66. The molecule has 0 aliphatic carbocycles. The summed E-state index contributed by atoms with van der Waals surface area (Å²) < 4.78 is 30.0. The van der Waals surface area contributed by atoms with Gasteiger partial charge in [0.25, 0.3) is 0 Å². The van der Waals surface area contributed by atoms with Gasteiger partial charge in [-0.1, -0.05) is 26.0 Å². The van der Waals surface area contributed by atoms with Crippen LogP contribution < -0.4 is 9.62 Å². The van der Waals surface area contributed by atoms with Gasteiger partial charge in [0.15, 0.2) is 0 Å². The van der Waals surface area contributed by atoms with Crippen molar-refractivity contribution in [2.45, 2.75) is 20.3 Å². The van der Waals surface area contributed by atoms with Crippen LogP contribution >= 0.6 is 0 Å². The molecule has 0 saturated heterocycles. The van der Waals surface area contributed by atoms with Crippen LogP contribution in [-0.2, 0) is 19.6 Å². The summed E-state index contributed by atoms with van der Waals surface area (Å²) >= 11 is 0. The van der Waals surface area contributed by atoms with Gasteiger partial charge in [-0.15, -0.1) is 0 Å². The molecule has 0 heterocycles. The normalized spacial score (nSPS) is 11.2. The van der Waals surface area contributed by atoms with Crippen molar-refractivity contribution in [1.29, 1.82) is 0 Å². The maximum absolute atomic E-state index is 12.1. The molecule has 0 aromatic heterocycles. The molecule has 0 aliphatic heterocycles. The summed E-state index contributed by atoms with van der Waals surface area (Å²) in [6.45, 7) is 4.40. The molecule has 0 unspecified atom stereocenters. The number of amides is 1. The maximum Gasteiger partial charge on any atom is 0.340 e. The summed E-state index contributed by atoms with van der Waals surface area (Å²) in [5, 5.41) is 2.74. The van der Waals surface area contributed by atoms with E-state index in [1.165, 1.54) is 19.2 Å². The summed E-state index contributed by atoms with van der Waals surface area (Å²) in [4.78, 5) is 23.7. The van der Waals surface area contributed by atoms with Crippen molar-refractivity contribution < 1.29 is 22.7 Å². The molecule has 1 amide bonds. The van der Waals surface area contributed by atoms with Gasteiger partial charge in [0.1, 0.15) is 0 Å². The van der Waals surface area contributed by atoms with Gasteiger partial charge in [-0.25, -0.2) is 13.2 Å². The van der Waals surface area contributed by atoms with Crippen molar-refractivity contribution in [3.05, 3.63) is 29.8 Å². The van der Waals surface area contributed by atoms with E-state index in [2.05, 4.69) is 5.32 Å². The van der Waals surface area contributed by atoms with Gasteiger partial charge in [-0.3, -0.25) is 9.10 Å². The van der Waals surface area contributed by atoms with Gasteiger partial charge < -0.3 is 10.1 Å². The molecule has 1 rings (SSSR count). The van der Waals surface area contributed by atoms with Crippen LogP contribution in [0.15, 0.2) is 24.3 Å². The van der Waals surface area contributed by atoms with Gasteiger partial charge in [-0.2, -0.15) is 0 Å². The zero-order chi connectivity index (χ0) is 18.3. The first kappa shape index (κ1) is 20.0. The summed E-state index contributed by atoms with van der Waals surface area (Å²) in [5.74, 6) is -0.573. The second-order valence-electron chi connectivity index (χ2n) is 5.79. The number of esters is 1. The number of hydrogen-bond acceptors (Lipinski definition) is 5. The van der Waals surface area contributed by atoms with Crippen LogP contribution in [-0.4, -0.2) is 46.7 Å². The summed E-state index contributed by atoms with van der Waals surface area (Å²) in [6.07, 6.45) is 1.03. The van der Waals surface area contributed by atoms with Crippen molar-refractivity contribution in [3.63, 3.8) is 0 Å². The van der Waals surface area contributed by atoms with E-state index in [9.17, 15) is 18.0 Å². The van der Waals surface area contributed by atoms with E-state index in [0.29, 0.717) is 12.5 Å². The van der Waals surface area contributed by atoms with Crippen LogP contribution in [0.3, 0.4) is 0 Å². The number of benzene rings is 1. The van der Waals surface area contributed by atoms with E-state index in [4.69, 9.17) is 4.74 Å². The number of methoxy groups -OCH3 is 1. The number of carbonyl (C=O) groups is 2. The molecule has 7 nitrogen and oxygen atoms in total. The molecule has 0 bridgehead atoms. The van der Waals surface area contributed by atoms with Crippen molar-refractivity contribution in [3.8, 4) is 0 Å². The van der Waals surface area contributed by atoms with Crippen molar-refractivity contribution in [2.24, 2.45) is 5.92 Å². The van der Waals surface area contributed by atoms with E-state index in [-0.39, 0.29) is 30.1 Å². The molecule has 24 heavy (non-hydrogen) atoms. The predicted molar refractivity (Wildman–Crippen MR) is 92.4 cm³/mol. The largest absolute Gasteiger partial charge is 0.465 e. The maximum atomic E-state index is 12.1. The molecular weight excluding hydrogens is 332 g/mol.